The smallest absolute Gasteiger partial charge is 0.0474 e. The summed E-state index contributed by atoms with van der Waals surface area (Å²) in [6.45, 7) is 6.76. The molecule has 0 aromatic carbocycles. The summed E-state index contributed by atoms with van der Waals surface area (Å²) in [6.07, 6.45) is 3.91. The van der Waals surface area contributed by atoms with Gasteiger partial charge in [-0.1, -0.05) is 0 Å². The van der Waals surface area contributed by atoms with Crippen LogP contribution in [-0.2, 0) is 4.74 Å². The third-order valence-corrected chi connectivity index (χ3v) is 2.90. The maximum atomic E-state index is 5.05. The molecule has 2 nitrogen and oxygen atoms in total. The predicted octanol–water partition coefficient (Wildman–Crippen LogP) is 1.90. The molecule has 1 aliphatic rings. The molecular formula is C10H21NO. The van der Waals surface area contributed by atoms with Gasteiger partial charge in [-0.3, -0.25) is 4.90 Å². The van der Waals surface area contributed by atoms with E-state index in [1.807, 2.05) is 0 Å². The summed E-state index contributed by atoms with van der Waals surface area (Å²) in [4.78, 5) is 2.60. The van der Waals surface area contributed by atoms with Gasteiger partial charge in [-0.25, -0.2) is 0 Å². The number of nitrogens with zero attached hydrogens (tertiary/aromatic N) is 1. The minimum atomic E-state index is 0.789. The van der Waals surface area contributed by atoms with Crippen LogP contribution in [0.15, 0.2) is 0 Å². The molecule has 1 aliphatic heterocycles. The highest BCUT2D eigenvalue weighted by molar-refractivity contribution is 4.81. The molecule has 2 atom stereocenters. The van der Waals surface area contributed by atoms with Gasteiger partial charge in [-0.15, -0.1) is 0 Å². The van der Waals surface area contributed by atoms with Gasteiger partial charge in [-0.05, 0) is 33.1 Å². The Morgan fingerprint density at radius 2 is 1.83 bits per heavy atom. The summed E-state index contributed by atoms with van der Waals surface area (Å²) in [5.41, 5.74) is 0. The molecule has 0 spiro atoms. The first-order chi connectivity index (χ1) is 5.75. The van der Waals surface area contributed by atoms with Crippen LogP contribution in [0.5, 0.6) is 0 Å². The number of hydrogen-bond donors (Lipinski definition) is 0. The van der Waals surface area contributed by atoms with E-state index in [4.69, 9.17) is 4.74 Å². The lowest BCUT2D eigenvalue weighted by atomic mass is 10.2. The van der Waals surface area contributed by atoms with E-state index in [9.17, 15) is 0 Å². The van der Waals surface area contributed by atoms with Crippen LogP contribution in [0.2, 0.25) is 0 Å². The highest BCUT2D eigenvalue weighted by atomic mass is 16.5. The van der Waals surface area contributed by atoms with Crippen molar-refractivity contribution < 1.29 is 4.74 Å². The van der Waals surface area contributed by atoms with Crippen molar-refractivity contribution in [3.05, 3.63) is 0 Å². The van der Waals surface area contributed by atoms with Gasteiger partial charge in [0, 0.05) is 32.3 Å². The molecule has 0 amide bonds. The van der Waals surface area contributed by atoms with E-state index in [2.05, 4.69) is 18.7 Å². The van der Waals surface area contributed by atoms with Gasteiger partial charge in [0.1, 0.15) is 0 Å². The molecule has 0 unspecified atom stereocenters. The average molecular weight is 171 g/mol. The highest BCUT2D eigenvalue weighted by Gasteiger charge is 2.25. The maximum Gasteiger partial charge on any atom is 0.0474 e. The number of ether oxygens (including phenoxy) is 1. The first kappa shape index (κ1) is 10.0. The van der Waals surface area contributed by atoms with E-state index in [1.54, 1.807) is 7.11 Å². The Balaban J connectivity index is 2.20. The lowest BCUT2D eigenvalue weighted by Crippen LogP contribution is -2.33. The van der Waals surface area contributed by atoms with Gasteiger partial charge < -0.3 is 4.74 Å². The third-order valence-electron chi connectivity index (χ3n) is 2.90. The van der Waals surface area contributed by atoms with Crippen molar-refractivity contribution in [2.75, 3.05) is 20.3 Å². The highest BCUT2D eigenvalue weighted by Crippen LogP contribution is 2.22. The molecule has 0 radical (unpaired) electrons. The fraction of sp³-hybridized carbons (Fsp3) is 1.00. The first-order valence-electron chi connectivity index (χ1n) is 5.00. The van der Waals surface area contributed by atoms with Gasteiger partial charge in [-0.2, -0.15) is 0 Å². The lowest BCUT2D eigenvalue weighted by Gasteiger charge is -2.25. The molecule has 1 heterocycles. The Morgan fingerprint density at radius 3 is 2.33 bits per heavy atom. The van der Waals surface area contributed by atoms with Crippen LogP contribution in [0.25, 0.3) is 0 Å². The van der Waals surface area contributed by atoms with E-state index in [0.29, 0.717) is 0 Å². The predicted molar refractivity (Wildman–Crippen MR) is 51.4 cm³/mol. The number of methoxy groups -OCH3 is 1. The molecule has 0 aromatic heterocycles. The van der Waals surface area contributed by atoms with Gasteiger partial charge in [0.25, 0.3) is 0 Å². The minimum Gasteiger partial charge on any atom is -0.385 e. The second-order valence-corrected chi connectivity index (χ2v) is 3.86. The normalized spacial score (nSPS) is 31.2. The Kier molecular flexibility index (Phi) is 4.02. The maximum absolute atomic E-state index is 5.05. The number of likely N-dealkylation sites (tertiary alicyclic amines) is 1. The zero-order chi connectivity index (χ0) is 8.97. The minimum absolute atomic E-state index is 0.789. The molecule has 72 valence electrons. The van der Waals surface area contributed by atoms with E-state index in [1.165, 1.54) is 25.8 Å². The Bertz CT molecular complexity index is 117. The standard InChI is InChI=1S/C10H21NO/c1-9-5-6-10(2)11(9)7-4-8-12-3/h9-10H,4-8H2,1-3H3/t9-,10+. The molecule has 0 N–H and O–H groups in total. The Morgan fingerprint density at radius 1 is 1.25 bits per heavy atom. The van der Waals surface area contributed by atoms with Crippen LogP contribution in [0, 0.1) is 0 Å². The van der Waals surface area contributed by atoms with Gasteiger partial charge in [0.15, 0.2) is 0 Å². The Hall–Kier alpha value is -0.0800. The van der Waals surface area contributed by atoms with E-state index >= 15 is 0 Å². The molecule has 2 heteroatoms. The summed E-state index contributed by atoms with van der Waals surface area (Å²) in [6, 6.07) is 1.58. The summed E-state index contributed by atoms with van der Waals surface area (Å²) in [5, 5.41) is 0. The van der Waals surface area contributed by atoms with Crippen LogP contribution in [0.4, 0.5) is 0 Å². The quantitative estimate of drug-likeness (QED) is 0.599. The zero-order valence-corrected chi connectivity index (χ0v) is 8.55. The molecule has 12 heavy (non-hydrogen) atoms. The fourth-order valence-electron chi connectivity index (χ4n) is 2.08. The van der Waals surface area contributed by atoms with E-state index in [-0.39, 0.29) is 0 Å². The van der Waals surface area contributed by atoms with E-state index in [0.717, 1.165) is 18.7 Å². The number of hydrogen-bond acceptors (Lipinski definition) is 2. The molecule has 0 aromatic rings. The van der Waals surface area contributed by atoms with Crippen LogP contribution in [0.1, 0.15) is 33.1 Å². The molecule has 0 bridgehead atoms. The molecule has 0 aliphatic carbocycles. The van der Waals surface area contributed by atoms with Gasteiger partial charge in [0.05, 0.1) is 0 Å². The second kappa shape index (κ2) is 4.83. The second-order valence-electron chi connectivity index (χ2n) is 3.86. The van der Waals surface area contributed by atoms with Crippen molar-refractivity contribution in [1.29, 1.82) is 0 Å². The molecule has 1 fully saturated rings. The van der Waals surface area contributed by atoms with Gasteiger partial charge in [0.2, 0.25) is 0 Å². The summed E-state index contributed by atoms with van der Waals surface area (Å²) in [5.74, 6) is 0. The summed E-state index contributed by atoms with van der Waals surface area (Å²) in [7, 11) is 1.77. The first-order valence-corrected chi connectivity index (χ1v) is 5.00. The molecule has 1 rings (SSSR count). The van der Waals surface area contributed by atoms with Crippen molar-refractivity contribution >= 4 is 0 Å². The van der Waals surface area contributed by atoms with Crippen LogP contribution >= 0.6 is 0 Å². The third kappa shape index (κ3) is 2.46. The van der Waals surface area contributed by atoms with Crippen molar-refractivity contribution in [3.8, 4) is 0 Å². The molecular weight excluding hydrogens is 150 g/mol. The fourth-order valence-corrected chi connectivity index (χ4v) is 2.08. The van der Waals surface area contributed by atoms with Gasteiger partial charge >= 0.3 is 0 Å². The topological polar surface area (TPSA) is 12.5 Å². The van der Waals surface area contributed by atoms with Crippen LogP contribution in [0.3, 0.4) is 0 Å². The summed E-state index contributed by atoms with van der Waals surface area (Å²) >= 11 is 0. The van der Waals surface area contributed by atoms with E-state index < -0.39 is 0 Å². The summed E-state index contributed by atoms with van der Waals surface area (Å²) < 4.78 is 5.05. The zero-order valence-electron chi connectivity index (χ0n) is 8.55. The van der Waals surface area contributed by atoms with Crippen molar-refractivity contribution in [2.45, 2.75) is 45.2 Å². The monoisotopic (exact) mass is 171 g/mol. The largest absolute Gasteiger partial charge is 0.385 e. The SMILES string of the molecule is COCCCN1[C@H](C)CC[C@@H]1C. The van der Waals surface area contributed by atoms with Crippen molar-refractivity contribution in [2.24, 2.45) is 0 Å². The average Bonchev–Trinajstić information content (AvgIpc) is 2.35. The van der Waals surface area contributed by atoms with Crippen molar-refractivity contribution in [3.63, 3.8) is 0 Å². The Labute approximate surface area is 75.9 Å². The molecule has 0 saturated carbocycles. The van der Waals surface area contributed by atoms with Crippen molar-refractivity contribution in [1.82, 2.24) is 4.90 Å². The molecule has 1 saturated heterocycles. The van der Waals surface area contributed by atoms with Crippen LogP contribution in [-0.4, -0.2) is 37.2 Å². The lowest BCUT2D eigenvalue weighted by molar-refractivity contribution is 0.154. The number of rotatable bonds is 4. The van der Waals surface area contributed by atoms with Crippen LogP contribution < -0.4 is 0 Å².